The Balaban J connectivity index is 1.19. The van der Waals surface area contributed by atoms with Crippen LogP contribution in [0.25, 0.3) is 0 Å². The average Bonchev–Trinajstić information content (AvgIpc) is 3.20. The largest absolute Gasteiger partial charge is 0.493 e. The fourth-order valence-electron chi connectivity index (χ4n) is 5.59. The molecule has 8 heteroatoms. The van der Waals surface area contributed by atoms with E-state index in [1.54, 1.807) is 43.5 Å². The first-order chi connectivity index (χ1) is 18.5. The molecule has 1 aliphatic carbocycles. The van der Waals surface area contributed by atoms with Gasteiger partial charge in [-0.05, 0) is 56.0 Å². The first kappa shape index (κ1) is 25.7. The average molecular weight is 516 g/mol. The second kappa shape index (κ2) is 11.2. The molecular formula is C30H33N3O5. The smallest absolute Gasteiger partial charge is 0.261 e. The highest BCUT2D eigenvalue weighted by atomic mass is 16.5. The van der Waals surface area contributed by atoms with Gasteiger partial charge in [0, 0.05) is 24.6 Å². The quantitative estimate of drug-likeness (QED) is 0.260. The van der Waals surface area contributed by atoms with E-state index < -0.39 is 0 Å². The Labute approximate surface area is 222 Å². The van der Waals surface area contributed by atoms with Crippen molar-refractivity contribution in [3.63, 3.8) is 0 Å². The highest BCUT2D eigenvalue weighted by Crippen LogP contribution is 2.37. The summed E-state index contributed by atoms with van der Waals surface area (Å²) in [5.74, 6) is 0.875. The van der Waals surface area contributed by atoms with Gasteiger partial charge < -0.3 is 9.47 Å². The molecule has 2 atom stereocenters. The summed E-state index contributed by atoms with van der Waals surface area (Å²) in [5, 5.41) is 6.48. The Kier molecular flexibility index (Phi) is 7.58. The molecule has 0 bridgehead atoms. The lowest BCUT2D eigenvalue weighted by Gasteiger charge is -2.37. The van der Waals surface area contributed by atoms with Gasteiger partial charge in [0.05, 0.1) is 37.0 Å². The molecule has 2 aromatic carbocycles. The van der Waals surface area contributed by atoms with E-state index in [2.05, 4.69) is 12.2 Å². The summed E-state index contributed by atoms with van der Waals surface area (Å²) < 4.78 is 10.9. The molecule has 0 saturated heterocycles. The Morgan fingerprint density at radius 2 is 1.42 bits per heavy atom. The van der Waals surface area contributed by atoms with Crippen molar-refractivity contribution in [3.05, 3.63) is 71.3 Å². The van der Waals surface area contributed by atoms with Gasteiger partial charge in [-0.3, -0.25) is 19.3 Å². The van der Waals surface area contributed by atoms with E-state index in [0.29, 0.717) is 42.1 Å². The molecule has 3 aliphatic rings. The summed E-state index contributed by atoms with van der Waals surface area (Å²) in [6.07, 6.45) is 8.99. The lowest BCUT2D eigenvalue weighted by atomic mass is 9.76. The van der Waals surface area contributed by atoms with Crippen LogP contribution in [0.2, 0.25) is 0 Å². The Morgan fingerprint density at radius 1 is 0.789 bits per heavy atom. The van der Waals surface area contributed by atoms with Crippen LogP contribution in [0, 0.1) is 11.8 Å². The van der Waals surface area contributed by atoms with Crippen LogP contribution in [0.5, 0.6) is 11.5 Å². The minimum absolute atomic E-state index is 0.0431. The van der Waals surface area contributed by atoms with Crippen molar-refractivity contribution >= 4 is 23.4 Å². The SMILES string of the molecule is COc1ccc(C2=NN(CCCCCCN3C(=O)c4ccccc4C3=O)C(=O)[C@H]3CC=CC[C@@H]23)cc1OC. The molecule has 2 aliphatic heterocycles. The lowest BCUT2D eigenvalue weighted by Crippen LogP contribution is -2.45. The molecule has 0 radical (unpaired) electrons. The number of carbonyl (C=O) groups excluding carboxylic acids is 3. The zero-order valence-corrected chi connectivity index (χ0v) is 21.9. The second-order valence-corrected chi connectivity index (χ2v) is 9.89. The molecule has 5 rings (SSSR count). The van der Waals surface area contributed by atoms with Crippen LogP contribution < -0.4 is 9.47 Å². The molecule has 0 aromatic heterocycles. The molecule has 2 heterocycles. The van der Waals surface area contributed by atoms with Gasteiger partial charge in [0.25, 0.3) is 11.8 Å². The summed E-state index contributed by atoms with van der Waals surface area (Å²) in [7, 11) is 3.22. The number of rotatable bonds is 10. The van der Waals surface area contributed by atoms with E-state index in [-0.39, 0.29) is 29.6 Å². The normalized spacial score (nSPS) is 20.4. The van der Waals surface area contributed by atoms with E-state index in [1.807, 2.05) is 18.2 Å². The van der Waals surface area contributed by atoms with Crippen LogP contribution in [0.15, 0.2) is 59.7 Å². The van der Waals surface area contributed by atoms with Gasteiger partial charge in [-0.15, -0.1) is 0 Å². The van der Waals surface area contributed by atoms with E-state index in [1.165, 1.54) is 4.90 Å². The Morgan fingerprint density at radius 3 is 2.08 bits per heavy atom. The van der Waals surface area contributed by atoms with Crippen LogP contribution in [-0.2, 0) is 4.79 Å². The maximum Gasteiger partial charge on any atom is 0.261 e. The zero-order chi connectivity index (χ0) is 26.6. The van der Waals surface area contributed by atoms with Crippen molar-refractivity contribution < 1.29 is 23.9 Å². The van der Waals surface area contributed by atoms with Crippen LogP contribution in [0.4, 0.5) is 0 Å². The molecular weight excluding hydrogens is 482 g/mol. The number of unbranched alkanes of at least 4 members (excludes halogenated alkanes) is 3. The van der Waals surface area contributed by atoms with Crippen molar-refractivity contribution in [2.45, 2.75) is 38.5 Å². The standard InChI is InChI=1S/C30H33N3O5/c1-37-25-16-15-20(19-26(25)38-2)27-21-11-5-6-12-22(21)30(36)33(31-27)18-10-4-3-9-17-32-28(34)23-13-7-8-14-24(23)29(32)35/h5-8,13-16,19,21-22H,3-4,9-12,17-18H2,1-2H3/t21-,22+/m1/s1. The molecule has 0 spiro atoms. The van der Waals surface area contributed by atoms with E-state index >= 15 is 0 Å². The molecule has 38 heavy (non-hydrogen) atoms. The molecule has 8 nitrogen and oxygen atoms in total. The zero-order valence-electron chi connectivity index (χ0n) is 21.9. The number of nitrogens with zero attached hydrogens (tertiary/aromatic N) is 3. The fourth-order valence-corrected chi connectivity index (χ4v) is 5.59. The molecule has 2 aromatic rings. The summed E-state index contributed by atoms with van der Waals surface area (Å²) >= 11 is 0. The van der Waals surface area contributed by atoms with Gasteiger partial charge in [-0.1, -0.05) is 37.1 Å². The number of hydrazone groups is 1. The number of amides is 3. The maximum absolute atomic E-state index is 13.3. The number of methoxy groups -OCH3 is 2. The van der Waals surface area contributed by atoms with Crippen LogP contribution in [0.3, 0.4) is 0 Å². The number of allylic oxidation sites excluding steroid dienone is 2. The van der Waals surface area contributed by atoms with Crippen molar-refractivity contribution in [1.82, 2.24) is 9.91 Å². The molecule has 0 fully saturated rings. The summed E-state index contributed by atoms with van der Waals surface area (Å²) in [6.45, 7) is 0.947. The predicted molar refractivity (Wildman–Crippen MR) is 143 cm³/mol. The van der Waals surface area contributed by atoms with Gasteiger partial charge in [-0.2, -0.15) is 5.10 Å². The van der Waals surface area contributed by atoms with Crippen molar-refractivity contribution in [2.75, 3.05) is 27.3 Å². The highest BCUT2D eigenvalue weighted by molar-refractivity contribution is 6.21. The number of imide groups is 1. The maximum atomic E-state index is 13.3. The summed E-state index contributed by atoms with van der Waals surface area (Å²) in [4.78, 5) is 39.7. The highest BCUT2D eigenvalue weighted by Gasteiger charge is 2.40. The molecule has 0 N–H and O–H groups in total. The van der Waals surface area contributed by atoms with E-state index in [0.717, 1.165) is 43.4 Å². The molecule has 198 valence electrons. The third kappa shape index (κ3) is 4.83. The van der Waals surface area contributed by atoms with E-state index in [9.17, 15) is 14.4 Å². The molecule has 3 amide bonds. The number of ether oxygens (including phenoxy) is 2. The first-order valence-corrected chi connectivity index (χ1v) is 13.3. The third-order valence-electron chi connectivity index (χ3n) is 7.64. The van der Waals surface area contributed by atoms with Crippen LogP contribution in [0.1, 0.15) is 64.8 Å². The van der Waals surface area contributed by atoms with Gasteiger partial charge in [-0.25, -0.2) is 5.01 Å². The van der Waals surface area contributed by atoms with Crippen molar-refractivity contribution in [2.24, 2.45) is 16.9 Å². The Hall–Kier alpha value is -3.94. The van der Waals surface area contributed by atoms with Crippen molar-refractivity contribution in [3.8, 4) is 11.5 Å². The monoisotopic (exact) mass is 515 g/mol. The number of fused-ring (bicyclic) bond motifs is 2. The van der Waals surface area contributed by atoms with Gasteiger partial charge in [0.2, 0.25) is 5.91 Å². The topological polar surface area (TPSA) is 88.5 Å². The van der Waals surface area contributed by atoms with Gasteiger partial charge in [0.15, 0.2) is 11.5 Å². The minimum atomic E-state index is -0.211. The number of hydrogen-bond donors (Lipinski definition) is 0. The number of hydrogen-bond acceptors (Lipinski definition) is 6. The second-order valence-electron chi connectivity index (χ2n) is 9.89. The van der Waals surface area contributed by atoms with Crippen molar-refractivity contribution in [1.29, 1.82) is 0 Å². The summed E-state index contributed by atoms with van der Waals surface area (Å²) in [5.41, 5.74) is 2.82. The lowest BCUT2D eigenvalue weighted by molar-refractivity contribution is -0.137. The third-order valence-corrected chi connectivity index (χ3v) is 7.64. The van der Waals surface area contributed by atoms with E-state index in [4.69, 9.17) is 14.6 Å². The van der Waals surface area contributed by atoms with Gasteiger partial charge in [0.1, 0.15) is 0 Å². The number of benzene rings is 2. The number of carbonyl (C=O) groups is 3. The minimum Gasteiger partial charge on any atom is -0.493 e. The van der Waals surface area contributed by atoms with Crippen LogP contribution in [-0.4, -0.2) is 60.7 Å². The van der Waals surface area contributed by atoms with Gasteiger partial charge >= 0.3 is 0 Å². The summed E-state index contributed by atoms with van der Waals surface area (Å²) in [6, 6.07) is 12.7. The predicted octanol–water partition coefficient (Wildman–Crippen LogP) is 4.69. The van der Waals surface area contributed by atoms with Crippen LogP contribution >= 0.6 is 0 Å². The first-order valence-electron chi connectivity index (χ1n) is 13.3. The fraction of sp³-hybridized carbons (Fsp3) is 0.400. The Bertz CT molecular complexity index is 1270. The molecule has 0 unspecified atom stereocenters. The molecule has 0 saturated carbocycles.